The highest BCUT2D eigenvalue weighted by atomic mass is 15.2. The van der Waals surface area contributed by atoms with E-state index < -0.39 is 0 Å². The summed E-state index contributed by atoms with van der Waals surface area (Å²) < 4.78 is 4.91. The second-order valence-electron chi connectivity index (χ2n) is 9.62. The molecule has 0 spiro atoms. The molecule has 0 bridgehead atoms. The number of para-hydroxylation sites is 1. The molecule has 4 rings (SSSR count). The minimum Gasteiger partial charge on any atom is -0.225 e. The van der Waals surface area contributed by atoms with Crippen LogP contribution < -0.4 is 4.57 Å². The molecule has 0 atom stereocenters. The Labute approximate surface area is 187 Å². The summed E-state index contributed by atoms with van der Waals surface area (Å²) in [4.78, 5) is 0. The Morgan fingerprint density at radius 2 is 1.32 bits per heavy atom. The standard InChI is InChI=1S/C29H35N2/c1-18(2)23-10-9-11-24(19(3)4)28(23)31-27-17-21(6)13-15-26(27)30(8)29(31)25-16-20(5)12-14-22(25)7/h9-19H,1-8H3/q+1. The fourth-order valence-corrected chi connectivity index (χ4v) is 4.75. The van der Waals surface area contributed by atoms with E-state index in [1.807, 2.05) is 0 Å². The van der Waals surface area contributed by atoms with E-state index in [9.17, 15) is 0 Å². The predicted molar refractivity (Wildman–Crippen MR) is 132 cm³/mol. The van der Waals surface area contributed by atoms with Crippen molar-refractivity contribution >= 4 is 11.0 Å². The summed E-state index contributed by atoms with van der Waals surface area (Å²) in [5.74, 6) is 2.12. The van der Waals surface area contributed by atoms with Gasteiger partial charge in [-0.2, -0.15) is 4.57 Å². The first-order valence-electron chi connectivity index (χ1n) is 11.4. The highest BCUT2D eigenvalue weighted by Crippen LogP contribution is 2.37. The van der Waals surface area contributed by atoms with Gasteiger partial charge in [-0.05, 0) is 61.9 Å². The van der Waals surface area contributed by atoms with Crippen LogP contribution >= 0.6 is 0 Å². The first-order valence-corrected chi connectivity index (χ1v) is 11.4. The van der Waals surface area contributed by atoms with E-state index >= 15 is 0 Å². The van der Waals surface area contributed by atoms with Crippen molar-refractivity contribution in [1.82, 2.24) is 4.57 Å². The van der Waals surface area contributed by atoms with Gasteiger partial charge in [0.15, 0.2) is 11.0 Å². The van der Waals surface area contributed by atoms with Crippen LogP contribution in [0.4, 0.5) is 0 Å². The monoisotopic (exact) mass is 411 g/mol. The molecular formula is C29H35N2+. The van der Waals surface area contributed by atoms with Crippen LogP contribution in [0, 0.1) is 20.8 Å². The Morgan fingerprint density at radius 3 is 1.94 bits per heavy atom. The number of aryl methyl sites for hydroxylation is 4. The number of hydrogen-bond donors (Lipinski definition) is 0. The van der Waals surface area contributed by atoms with E-state index in [2.05, 4.69) is 119 Å². The largest absolute Gasteiger partial charge is 0.295 e. The van der Waals surface area contributed by atoms with Gasteiger partial charge in [-0.3, -0.25) is 0 Å². The van der Waals surface area contributed by atoms with Gasteiger partial charge in [-0.1, -0.05) is 69.7 Å². The summed E-state index contributed by atoms with van der Waals surface area (Å²) in [6.45, 7) is 15.8. The molecule has 4 aromatic rings. The van der Waals surface area contributed by atoms with Crippen LogP contribution in [0.25, 0.3) is 28.1 Å². The van der Waals surface area contributed by atoms with Crippen LogP contribution in [-0.4, -0.2) is 4.57 Å². The van der Waals surface area contributed by atoms with Crippen LogP contribution in [0.2, 0.25) is 0 Å². The summed E-state index contributed by atoms with van der Waals surface area (Å²) >= 11 is 0. The van der Waals surface area contributed by atoms with Crippen molar-refractivity contribution in [2.24, 2.45) is 7.05 Å². The zero-order chi connectivity index (χ0) is 22.4. The smallest absolute Gasteiger partial charge is 0.225 e. The third kappa shape index (κ3) is 3.59. The van der Waals surface area contributed by atoms with Crippen LogP contribution in [0.5, 0.6) is 0 Å². The van der Waals surface area contributed by atoms with Crippen molar-refractivity contribution < 1.29 is 4.57 Å². The predicted octanol–water partition coefficient (Wildman–Crippen LogP) is 7.29. The van der Waals surface area contributed by atoms with Crippen LogP contribution in [0.15, 0.2) is 54.6 Å². The molecule has 2 nitrogen and oxygen atoms in total. The number of nitrogens with zero attached hydrogens (tertiary/aromatic N) is 2. The van der Waals surface area contributed by atoms with E-state index in [1.165, 1.54) is 55.9 Å². The Morgan fingerprint density at radius 1 is 0.742 bits per heavy atom. The molecular weight excluding hydrogens is 376 g/mol. The Kier molecular flexibility index (Phi) is 5.51. The first kappa shape index (κ1) is 21.4. The molecule has 0 saturated heterocycles. The summed E-state index contributed by atoms with van der Waals surface area (Å²) in [5, 5.41) is 0. The van der Waals surface area contributed by atoms with Gasteiger partial charge in [-0.15, -0.1) is 0 Å². The van der Waals surface area contributed by atoms with Gasteiger partial charge in [0.05, 0.1) is 12.6 Å². The average Bonchev–Trinajstić information content (AvgIpc) is 3.00. The number of rotatable bonds is 4. The van der Waals surface area contributed by atoms with Crippen LogP contribution in [-0.2, 0) is 7.05 Å². The summed E-state index contributed by atoms with van der Waals surface area (Å²) in [7, 11) is 2.21. The molecule has 0 aliphatic rings. The Hall–Kier alpha value is -2.87. The van der Waals surface area contributed by atoms with Crippen molar-refractivity contribution in [1.29, 1.82) is 0 Å². The van der Waals surface area contributed by atoms with Gasteiger partial charge in [0.1, 0.15) is 5.69 Å². The maximum absolute atomic E-state index is 2.54. The van der Waals surface area contributed by atoms with Gasteiger partial charge in [0, 0.05) is 11.1 Å². The second-order valence-corrected chi connectivity index (χ2v) is 9.62. The zero-order valence-corrected chi connectivity index (χ0v) is 20.2. The lowest BCUT2D eigenvalue weighted by molar-refractivity contribution is -0.633. The minimum absolute atomic E-state index is 0.438. The highest BCUT2D eigenvalue weighted by molar-refractivity contribution is 5.81. The molecule has 0 N–H and O–H groups in total. The quantitative estimate of drug-likeness (QED) is 0.312. The van der Waals surface area contributed by atoms with Crippen LogP contribution in [0.1, 0.15) is 67.3 Å². The zero-order valence-electron chi connectivity index (χ0n) is 20.2. The molecule has 0 aliphatic carbocycles. The van der Waals surface area contributed by atoms with Crippen molar-refractivity contribution in [2.75, 3.05) is 0 Å². The maximum atomic E-state index is 2.54. The molecule has 0 amide bonds. The Balaban J connectivity index is 2.25. The molecule has 0 aliphatic heterocycles. The molecule has 31 heavy (non-hydrogen) atoms. The topological polar surface area (TPSA) is 8.81 Å². The maximum Gasteiger partial charge on any atom is 0.295 e. The lowest BCUT2D eigenvalue weighted by atomic mass is 9.92. The van der Waals surface area contributed by atoms with Crippen molar-refractivity contribution in [3.63, 3.8) is 0 Å². The number of aromatic nitrogens is 2. The molecule has 0 radical (unpaired) electrons. The van der Waals surface area contributed by atoms with Crippen LogP contribution in [0.3, 0.4) is 0 Å². The minimum atomic E-state index is 0.438. The first-order chi connectivity index (χ1) is 14.7. The SMILES string of the molecule is Cc1ccc(C)c(-c2n(-c3c(C(C)C)cccc3C(C)C)c3cc(C)ccc3[n+]2C)c1. The molecule has 0 saturated carbocycles. The molecule has 2 heteroatoms. The van der Waals surface area contributed by atoms with Gasteiger partial charge in [0.2, 0.25) is 0 Å². The van der Waals surface area contributed by atoms with Crippen molar-refractivity contribution in [3.8, 4) is 17.1 Å². The number of hydrogen-bond acceptors (Lipinski definition) is 0. The van der Waals surface area contributed by atoms with E-state index in [0.29, 0.717) is 11.8 Å². The molecule has 1 aromatic heterocycles. The normalized spacial score (nSPS) is 11.8. The summed E-state index contributed by atoms with van der Waals surface area (Å²) in [6, 6.07) is 20.4. The summed E-state index contributed by atoms with van der Waals surface area (Å²) in [5.41, 5.74) is 11.8. The lowest BCUT2D eigenvalue weighted by Crippen LogP contribution is -2.30. The number of fused-ring (bicyclic) bond motifs is 1. The van der Waals surface area contributed by atoms with Gasteiger partial charge in [0.25, 0.3) is 5.82 Å². The average molecular weight is 412 g/mol. The lowest BCUT2D eigenvalue weighted by Gasteiger charge is -2.18. The van der Waals surface area contributed by atoms with E-state index in [0.717, 1.165) is 0 Å². The van der Waals surface area contributed by atoms with Gasteiger partial charge < -0.3 is 0 Å². The molecule has 1 heterocycles. The fourth-order valence-electron chi connectivity index (χ4n) is 4.75. The van der Waals surface area contributed by atoms with E-state index in [1.54, 1.807) is 0 Å². The van der Waals surface area contributed by atoms with Gasteiger partial charge in [-0.25, -0.2) is 4.57 Å². The number of benzene rings is 3. The Bertz CT molecular complexity index is 1250. The molecule has 160 valence electrons. The molecule has 0 fully saturated rings. The highest BCUT2D eigenvalue weighted by Gasteiger charge is 2.31. The third-order valence-electron chi connectivity index (χ3n) is 6.46. The van der Waals surface area contributed by atoms with Crippen molar-refractivity contribution in [3.05, 3.63) is 82.4 Å². The number of imidazole rings is 1. The van der Waals surface area contributed by atoms with E-state index in [4.69, 9.17) is 0 Å². The van der Waals surface area contributed by atoms with Crippen molar-refractivity contribution in [2.45, 2.75) is 60.3 Å². The molecule has 0 unspecified atom stereocenters. The fraction of sp³-hybridized carbons (Fsp3) is 0.345. The molecule has 3 aromatic carbocycles. The third-order valence-corrected chi connectivity index (χ3v) is 6.46. The second kappa shape index (κ2) is 8.00. The van der Waals surface area contributed by atoms with E-state index in [-0.39, 0.29) is 0 Å². The van der Waals surface area contributed by atoms with Gasteiger partial charge >= 0.3 is 0 Å². The summed E-state index contributed by atoms with van der Waals surface area (Å²) in [6.07, 6.45) is 0.